The molecule has 1 saturated heterocycles. The molecule has 0 aromatic rings. The maximum atomic E-state index is 12.2. The molecule has 3 unspecified atom stereocenters. The summed E-state index contributed by atoms with van der Waals surface area (Å²) in [5.41, 5.74) is 0. The van der Waals surface area contributed by atoms with Gasteiger partial charge in [-0.1, -0.05) is 12.2 Å². The van der Waals surface area contributed by atoms with Gasteiger partial charge < -0.3 is 20.1 Å². The van der Waals surface area contributed by atoms with Crippen LogP contribution in [0.2, 0.25) is 0 Å². The summed E-state index contributed by atoms with van der Waals surface area (Å²) in [7, 11) is 1.34. The Balaban J connectivity index is 1.85. The molecular weight excluding hydrogens is 276 g/mol. The Kier molecular flexibility index (Phi) is 4.82. The van der Waals surface area contributed by atoms with Gasteiger partial charge in [0, 0.05) is 13.1 Å². The second-order valence-corrected chi connectivity index (χ2v) is 5.43. The maximum Gasteiger partial charge on any atom is 0.317 e. The van der Waals surface area contributed by atoms with E-state index < -0.39 is 11.9 Å². The monoisotopic (exact) mass is 296 g/mol. The first-order chi connectivity index (χ1) is 10.0. The number of carboxylic acids is 1. The summed E-state index contributed by atoms with van der Waals surface area (Å²) in [5.74, 6) is -1.99. The Morgan fingerprint density at radius 1 is 1.33 bits per heavy atom. The number of rotatable bonds is 3. The first-order valence-electron chi connectivity index (χ1n) is 7.05. The number of carbonyl (C=O) groups excluding carboxylic acids is 2. The number of ether oxygens (including phenoxy) is 1. The highest BCUT2D eigenvalue weighted by Crippen LogP contribution is 2.20. The number of aliphatic carboxylic acids is 1. The van der Waals surface area contributed by atoms with E-state index in [4.69, 9.17) is 9.84 Å². The number of hydrogen-bond donors (Lipinski definition) is 2. The summed E-state index contributed by atoms with van der Waals surface area (Å²) in [6, 6.07) is -0.526. The Morgan fingerprint density at radius 3 is 2.71 bits per heavy atom. The van der Waals surface area contributed by atoms with E-state index in [2.05, 4.69) is 5.32 Å². The van der Waals surface area contributed by atoms with Crippen LogP contribution in [0.25, 0.3) is 0 Å². The molecule has 1 heterocycles. The summed E-state index contributed by atoms with van der Waals surface area (Å²) >= 11 is 0. The van der Waals surface area contributed by atoms with Crippen LogP contribution in [-0.2, 0) is 14.3 Å². The quantitative estimate of drug-likeness (QED) is 0.587. The van der Waals surface area contributed by atoms with Crippen molar-refractivity contribution in [1.82, 2.24) is 10.2 Å². The van der Waals surface area contributed by atoms with Crippen LogP contribution in [0.3, 0.4) is 0 Å². The Hall–Kier alpha value is -2.05. The highest BCUT2D eigenvalue weighted by atomic mass is 16.5. The predicted octanol–water partition coefficient (Wildman–Crippen LogP) is 0.610. The van der Waals surface area contributed by atoms with Crippen molar-refractivity contribution in [2.24, 2.45) is 11.8 Å². The lowest BCUT2D eigenvalue weighted by Crippen LogP contribution is -2.49. The van der Waals surface area contributed by atoms with Crippen LogP contribution in [0, 0.1) is 11.8 Å². The van der Waals surface area contributed by atoms with E-state index in [0.717, 1.165) is 12.8 Å². The molecule has 0 saturated carbocycles. The number of carboxylic acid groups (broad SMARTS) is 1. The molecule has 7 heteroatoms. The van der Waals surface area contributed by atoms with Gasteiger partial charge in [0.2, 0.25) is 0 Å². The Bertz CT molecular complexity index is 462. The third kappa shape index (κ3) is 3.74. The van der Waals surface area contributed by atoms with Crippen LogP contribution >= 0.6 is 0 Å². The van der Waals surface area contributed by atoms with Crippen LogP contribution in [-0.4, -0.2) is 54.2 Å². The predicted molar refractivity (Wildman–Crippen MR) is 73.5 cm³/mol. The molecule has 2 N–H and O–H groups in total. The zero-order valence-electron chi connectivity index (χ0n) is 11.9. The summed E-state index contributed by atoms with van der Waals surface area (Å²) in [6.45, 7) is 0.940. The molecule has 1 aliphatic heterocycles. The zero-order chi connectivity index (χ0) is 15.4. The van der Waals surface area contributed by atoms with Crippen LogP contribution in [0.1, 0.15) is 19.3 Å². The zero-order valence-corrected chi connectivity index (χ0v) is 11.9. The molecule has 2 rings (SSSR count). The summed E-state index contributed by atoms with van der Waals surface area (Å²) in [5, 5.41) is 11.7. The smallest absolute Gasteiger partial charge is 0.317 e. The lowest BCUT2D eigenvalue weighted by atomic mass is 9.98. The molecule has 3 atom stereocenters. The minimum absolute atomic E-state index is 0.260. The molecule has 2 aliphatic rings. The molecule has 0 spiro atoms. The van der Waals surface area contributed by atoms with Gasteiger partial charge >= 0.3 is 18.0 Å². The van der Waals surface area contributed by atoms with Crippen molar-refractivity contribution in [2.75, 3.05) is 20.2 Å². The standard InChI is InChI=1S/C14H20N2O5/c1-21-13(19)10-3-2-6-16(8-10)14(20)15-11-5-4-9(7-11)12(17)18/h4-5,9-11H,2-3,6-8H2,1H3,(H,15,20)(H,17,18). The van der Waals surface area contributed by atoms with Gasteiger partial charge in [-0.2, -0.15) is 0 Å². The van der Waals surface area contributed by atoms with Crippen molar-refractivity contribution in [3.8, 4) is 0 Å². The first kappa shape index (κ1) is 15.3. The van der Waals surface area contributed by atoms with Crippen molar-refractivity contribution in [1.29, 1.82) is 0 Å². The molecule has 0 aromatic carbocycles. The third-order valence-corrected chi connectivity index (χ3v) is 3.95. The van der Waals surface area contributed by atoms with E-state index >= 15 is 0 Å². The van der Waals surface area contributed by atoms with Gasteiger partial charge in [0.15, 0.2) is 0 Å². The number of carbonyl (C=O) groups is 3. The SMILES string of the molecule is COC(=O)C1CCCN(C(=O)NC2C=CC(C(=O)O)C2)C1. The number of urea groups is 1. The fourth-order valence-electron chi connectivity index (χ4n) is 2.76. The summed E-state index contributed by atoms with van der Waals surface area (Å²) in [4.78, 5) is 36.2. The van der Waals surface area contributed by atoms with Crippen LogP contribution < -0.4 is 5.32 Å². The highest BCUT2D eigenvalue weighted by molar-refractivity contribution is 5.78. The molecule has 116 valence electrons. The number of esters is 1. The molecule has 0 aromatic heterocycles. The largest absolute Gasteiger partial charge is 0.481 e. The molecule has 2 amide bonds. The van der Waals surface area contributed by atoms with Gasteiger partial charge in [0.1, 0.15) is 0 Å². The summed E-state index contributed by atoms with van der Waals surface area (Å²) < 4.78 is 4.72. The number of methoxy groups -OCH3 is 1. The van der Waals surface area contributed by atoms with E-state index in [1.165, 1.54) is 7.11 Å². The Labute approximate surface area is 122 Å². The topological polar surface area (TPSA) is 95.9 Å². The Morgan fingerprint density at radius 2 is 2.10 bits per heavy atom. The van der Waals surface area contributed by atoms with Gasteiger partial charge in [-0.3, -0.25) is 9.59 Å². The van der Waals surface area contributed by atoms with Gasteiger partial charge in [0.25, 0.3) is 0 Å². The van der Waals surface area contributed by atoms with Crippen molar-refractivity contribution in [2.45, 2.75) is 25.3 Å². The number of likely N-dealkylation sites (tertiary alicyclic amines) is 1. The van der Waals surface area contributed by atoms with Crippen LogP contribution in [0.15, 0.2) is 12.2 Å². The lowest BCUT2D eigenvalue weighted by Gasteiger charge is -2.32. The normalized spacial score (nSPS) is 28.2. The average molecular weight is 296 g/mol. The van der Waals surface area contributed by atoms with Gasteiger partial charge in [-0.05, 0) is 19.3 Å². The molecule has 7 nitrogen and oxygen atoms in total. The fraction of sp³-hybridized carbons (Fsp3) is 0.643. The number of piperidine rings is 1. The lowest BCUT2D eigenvalue weighted by molar-refractivity contribution is -0.147. The maximum absolute atomic E-state index is 12.2. The van der Waals surface area contributed by atoms with E-state index in [9.17, 15) is 14.4 Å². The van der Waals surface area contributed by atoms with E-state index in [-0.39, 0.29) is 24.0 Å². The van der Waals surface area contributed by atoms with Crippen LogP contribution in [0.4, 0.5) is 4.79 Å². The summed E-state index contributed by atoms with van der Waals surface area (Å²) in [6.07, 6.45) is 5.15. The van der Waals surface area contributed by atoms with Crippen molar-refractivity contribution in [3.63, 3.8) is 0 Å². The van der Waals surface area contributed by atoms with E-state index in [1.54, 1.807) is 17.1 Å². The molecule has 0 radical (unpaired) electrons. The number of amides is 2. The number of nitrogens with zero attached hydrogens (tertiary/aromatic N) is 1. The van der Waals surface area contributed by atoms with E-state index in [1.807, 2.05) is 0 Å². The van der Waals surface area contributed by atoms with Gasteiger partial charge in [-0.15, -0.1) is 0 Å². The fourth-order valence-corrected chi connectivity index (χ4v) is 2.76. The van der Waals surface area contributed by atoms with Crippen molar-refractivity contribution < 1.29 is 24.2 Å². The average Bonchev–Trinajstić information content (AvgIpc) is 2.95. The van der Waals surface area contributed by atoms with E-state index in [0.29, 0.717) is 19.5 Å². The molecule has 1 aliphatic carbocycles. The number of nitrogens with one attached hydrogen (secondary N) is 1. The second-order valence-electron chi connectivity index (χ2n) is 5.43. The minimum atomic E-state index is -0.883. The minimum Gasteiger partial charge on any atom is -0.481 e. The van der Waals surface area contributed by atoms with Gasteiger partial charge in [0.05, 0.1) is 25.0 Å². The van der Waals surface area contributed by atoms with Crippen molar-refractivity contribution >= 4 is 18.0 Å². The van der Waals surface area contributed by atoms with Crippen LogP contribution in [0.5, 0.6) is 0 Å². The third-order valence-electron chi connectivity index (χ3n) is 3.95. The molecule has 21 heavy (non-hydrogen) atoms. The molecular formula is C14H20N2O5. The van der Waals surface area contributed by atoms with Crippen molar-refractivity contribution in [3.05, 3.63) is 12.2 Å². The number of hydrogen-bond acceptors (Lipinski definition) is 4. The molecule has 0 bridgehead atoms. The second kappa shape index (κ2) is 6.60. The van der Waals surface area contributed by atoms with Gasteiger partial charge in [-0.25, -0.2) is 4.79 Å². The highest BCUT2D eigenvalue weighted by Gasteiger charge is 2.31. The molecule has 1 fully saturated rings. The first-order valence-corrected chi connectivity index (χ1v) is 7.05.